The molecule has 2 heteroatoms. The fraction of sp³-hybridized carbons (Fsp3) is 1.00. The highest BCUT2D eigenvalue weighted by Gasteiger charge is 2.21. The van der Waals surface area contributed by atoms with Gasteiger partial charge < -0.3 is 9.84 Å². The maximum atomic E-state index is 9.26. The minimum absolute atomic E-state index is 0.0704. The zero-order valence-corrected chi connectivity index (χ0v) is 10.0. The van der Waals surface area contributed by atoms with Crippen LogP contribution in [0.25, 0.3) is 0 Å². The molecule has 1 atom stereocenters. The van der Waals surface area contributed by atoms with Gasteiger partial charge >= 0.3 is 0 Å². The van der Waals surface area contributed by atoms with Gasteiger partial charge in [-0.15, -0.1) is 0 Å². The van der Waals surface area contributed by atoms with Crippen molar-refractivity contribution in [1.29, 1.82) is 0 Å². The molecule has 14 heavy (non-hydrogen) atoms. The summed E-state index contributed by atoms with van der Waals surface area (Å²) in [6, 6.07) is 0. The minimum Gasteiger partial charge on any atom is -0.396 e. The van der Waals surface area contributed by atoms with E-state index in [0.29, 0.717) is 0 Å². The van der Waals surface area contributed by atoms with E-state index in [-0.39, 0.29) is 12.0 Å². The Bertz CT molecular complexity index is 125. The zero-order chi connectivity index (χ0) is 10.9. The molecular formula is C12H26O2. The van der Waals surface area contributed by atoms with Crippen molar-refractivity contribution in [3.05, 3.63) is 0 Å². The van der Waals surface area contributed by atoms with Gasteiger partial charge in [-0.2, -0.15) is 0 Å². The van der Waals surface area contributed by atoms with Crippen LogP contribution in [0.5, 0.6) is 0 Å². The average molecular weight is 202 g/mol. The Labute approximate surface area is 88.7 Å². The van der Waals surface area contributed by atoms with Crippen LogP contribution in [0, 0.1) is 5.41 Å². The first-order valence-electron chi connectivity index (χ1n) is 5.87. The highest BCUT2D eigenvalue weighted by atomic mass is 16.5. The highest BCUT2D eigenvalue weighted by molar-refractivity contribution is 4.72. The van der Waals surface area contributed by atoms with Crippen LogP contribution < -0.4 is 0 Å². The van der Waals surface area contributed by atoms with E-state index in [2.05, 4.69) is 20.8 Å². The van der Waals surface area contributed by atoms with Crippen molar-refractivity contribution in [3.8, 4) is 0 Å². The lowest BCUT2D eigenvalue weighted by Gasteiger charge is -2.26. The SMILES string of the molecule is CCCCOCCC(C)(CO)CCC. The van der Waals surface area contributed by atoms with Gasteiger partial charge in [0.1, 0.15) is 0 Å². The summed E-state index contributed by atoms with van der Waals surface area (Å²) in [5.41, 5.74) is 0.0704. The summed E-state index contributed by atoms with van der Waals surface area (Å²) in [6.07, 6.45) is 5.52. The molecule has 0 bridgehead atoms. The van der Waals surface area contributed by atoms with E-state index in [1.807, 2.05) is 0 Å². The second-order valence-corrected chi connectivity index (χ2v) is 4.43. The molecule has 0 aliphatic heterocycles. The predicted octanol–water partition coefficient (Wildman–Crippen LogP) is 2.99. The van der Waals surface area contributed by atoms with E-state index in [1.165, 1.54) is 6.42 Å². The number of aliphatic hydroxyl groups is 1. The van der Waals surface area contributed by atoms with Crippen LogP contribution in [0.2, 0.25) is 0 Å². The maximum Gasteiger partial charge on any atom is 0.0485 e. The first-order chi connectivity index (χ1) is 6.68. The molecule has 0 aliphatic carbocycles. The molecule has 0 aromatic heterocycles. The Hall–Kier alpha value is -0.0800. The molecule has 0 aromatic carbocycles. The predicted molar refractivity (Wildman–Crippen MR) is 60.4 cm³/mol. The molecule has 0 amide bonds. The van der Waals surface area contributed by atoms with E-state index in [4.69, 9.17) is 4.74 Å². The van der Waals surface area contributed by atoms with E-state index >= 15 is 0 Å². The van der Waals surface area contributed by atoms with Gasteiger partial charge in [0.25, 0.3) is 0 Å². The molecule has 0 saturated heterocycles. The number of ether oxygens (including phenoxy) is 1. The summed E-state index contributed by atoms with van der Waals surface area (Å²) >= 11 is 0. The third-order valence-electron chi connectivity index (χ3n) is 2.73. The monoisotopic (exact) mass is 202 g/mol. The van der Waals surface area contributed by atoms with Gasteiger partial charge in [-0.25, -0.2) is 0 Å². The van der Waals surface area contributed by atoms with Crippen molar-refractivity contribution >= 4 is 0 Å². The van der Waals surface area contributed by atoms with Gasteiger partial charge in [0.05, 0.1) is 0 Å². The first-order valence-corrected chi connectivity index (χ1v) is 5.87. The quantitative estimate of drug-likeness (QED) is 0.582. The molecule has 0 saturated carbocycles. The summed E-state index contributed by atoms with van der Waals surface area (Å²) in [5, 5.41) is 9.26. The summed E-state index contributed by atoms with van der Waals surface area (Å²) in [7, 11) is 0. The molecule has 0 rings (SSSR count). The van der Waals surface area contributed by atoms with Crippen molar-refractivity contribution in [2.75, 3.05) is 19.8 Å². The number of hydrogen-bond donors (Lipinski definition) is 1. The Morgan fingerprint density at radius 2 is 1.79 bits per heavy atom. The molecule has 0 aromatic rings. The van der Waals surface area contributed by atoms with Crippen LogP contribution in [0.4, 0.5) is 0 Å². The molecule has 1 unspecified atom stereocenters. The van der Waals surface area contributed by atoms with Crippen LogP contribution in [0.15, 0.2) is 0 Å². The van der Waals surface area contributed by atoms with Crippen molar-refractivity contribution in [2.45, 2.75) is 52.9 Å². The fourth-order valence-electron chi connectivity index (χ4n) is 1.55. The summed E-state index contributed by atoms with van der Waals surface area (Å²) in [6.45, 7) is 8.39. The summed E-state index contributed by atoms with van der Waals surface area (Å²) in [4.78, 5) is 0. The second kappa shape index (κ2) is 8.25. The second-order valence-electron chi connectivity index (χ2n) is 4.43. The lowest BCUT2D eigenvalue weighted by Crippen LogP contribution is -2.23. The minimum atomic E-state index is 0.0704. The van der Waals surface area contributed by atoms with Gasteiger partial charge in [0.2, 0.25) is 0 Å². The van der Waals surface area contributed by atoms with Gasteiger partial charge in [0.15, 0.2) is 0 Å². The van der Waals surface area contributed by atoms with Crippen LogP contribution in [-0.2, 0) is 4.74 Å². The topological polar surface area (TPSA) is 29.5 Å². The molecular weight excluding hydrogens is 176 g/mol. The number of hydrogen-bond acceptors (Lipinski definition) is 2. The lowest BCUT2D eigenvalue weighted by atomic mass is 9.83. The largest absolute Gasteiger partial charge is 0.396 e. The summed E-state index contributed by atoms with van der Waals surface area (Å²) < 4.78 is 5.51. The van der Waals surface area contributed by atoms with E-state index in [9.17, 15) is 5.11 Å². The highest BCUT2D eigenvalue weighted by Crippen LogP contribution is 2.26. The van der Waals surface area contributed by atoms with Gasteiger partial charge in [-0.05, 0) is 24.7 Å². The Morgan fingerprint density at radius 3 is 2.29 bits per heavy atom. The molecule has 0 radical (unpaired) electrons. The van der Waals surface area contributed by atoms with Crippen LogP contribution >= 0.6 is 0 Å². The zero-order valence-electron chi connectivity index (χ0n) is 10.0. The number of aliphatic hydroxyl groups excluding tert-OH is 1. The molecule has 0 fully saturated rings. The lowest BCUT2D eigenvalue weighted by molar-refractivity contribution is 0.0602. The molecule has 0 spiro atoms. The normalized spacial score (nSPS) is 15.4. The van der Waals surface area contributed by atoms with Gasteiger partial charge in [0, 0.05) is 19.8 Å². The van der Waals surface area contributed by atoms with Crippen molar-refractivity contribution in [1.82, 2.24) is 0 Å². The standard InChI is InChI=1S/C12H26O2/c1-4-6-9-14-10-8-12(3,11-13)7-5-2/h13H,4-11H2,1-3H3. The molecule has 0 heterocycles. The van der Waals surface area contributed by atoms with Gasteiger partial charge in [-0.3, -0.25) is 0 Å². The first kappa shape index (κ1) is 13.9. The van der Waals surface area contributed by atoms with E-state index < -0.39 is 0 Å². The average Bonchev–Trinajstić information content (AvgIpc) is 2.18. The molecule has 1 N–H and O–H groups in total. The Kier molecular flexibility index (Phi) is 8.20. The summed E-state index contributed by atoms with van der Waals surface area (Å²) in [5.74, 6) is 0. The Balaban J connectivity index is 3.51. The van der Waals surface area contributed by atoms with Crippen molar-refractivity contribution < 1.29 is 9.84 Å². The Morgan fingerprint density at radius 1 is 1.07 bits per heavy atom. The molecule has 86 valence electrons. The van der Waals surface area contributed by atoms with E-state index in [0.717, 1.165) is 38.9 Å². The van der Waals surface area contributed by atoms with Crippen LogP contribution in [0.1, 0.15) is 52.9 Å². The van der Waals surface area contributed by atoms with Crippen LogP contribution in [-0.4, -0.2) is 24.9 Å². The molecule has 0 aliphatic rings. The fourth-order valence-corrected chi connectivity index (χ4v) is 1.55. The number of rotatable bonds is 9. The third-order valence-corrected chi connectivity index (χ3v) is 2.73. The number of unbranched alkanes of at least 4 members (excludes halogenated alkanes) is 1. The van der Waals surface area contributed by atoms with Crippen LogP contribution in [0.3, 0.4) is 0 Å². The smallest absolute Gasteiger partial charge is 0.0485 e. The van der Waals surface area contributed by atoms with Crippen molar-refractivity contribution in [2.24, 2.45) is 5.41 Å². The van der Waals surface area contributed by atoms with E-state index in [1.54, 1.807) is 0 Å². The third kappa shape index (κ3) is 6.39. The van der Waals surface area contributed by atoms with Crippen molar-refractivity contribution in [3.63, 3.8) is 0 Å². The maximum absolute atomic E-state index is 9.26. The molecule has 2 nitrogen and oxygen atoms in total. The van der Waals surface area contributed by atoms with Gasteiger partial charge in [-0.1, -0.05) is 33.6 Å².